The number of hydrogen-bond donors (Lipinski definition) is 3. The van der Waals surface area contributed by atoms with Crippen molar-refractivity contribution in [2.75, 3.05) is 26.4 Å². The normalized spacial score (nSPS) is 10.1. The number of rotatable bonds is 8. The van der Waals surface area contributed by atoms with E-state index in [0.717, 1.165) is 0 Å². The number of nitrogens with zero attached hydrogens (tertiary/aromatic N) is 1. The molecule has 0 radical (unpaired) electrons. The Kier molecular flexibility index (Phi) is 7.65. The van der Waals surface area contributed by atoms with Crippen molar-refractivity contribution in [2.45, 2.75) is 13.3 Å². The summed E-state index contributed by atoms with van der Waals surface area (Å²) in [4.78, 5) is 26.0. The highest BCUT2D eigenvalue weighted by Crippen LogP contribution is 2.33. The average molecular weight is 313 g/mol. The van der Waals surface area contributed by atoms with Crippen LogP contribution in [0.3, 0.4) is 0 Å². The molecule has 22 heavy (non-hydrogen) atoms. The fourth-order valence-corrected chi connectivity index (χ4v) is 1.37. The molecule has 4 N–H and O–H groups in total. The monoisotopic (exact) mass is 313 g/mol. The molecule has 122 valence electrons. The first-order chi connectivity index (χ1) is 10.6. The zero-order chi connectivity index (χ0) is 16.4. The summed E-state index contributed by atoms with van der Waals surface area (Å²) in [5, 5.41) is 11.8. The molecule has 1 aromatic heterocycles. The lowest BCUT2D eigenvalue weighted by atomic mass is 10.4. The minimum Gasteiger partial charge on any atom is -0.501 e. The SMILES string of the molecule is CCOCCCOc1ccnc(OC(=O)NC(=O)CN)c1O. The molecule has 0 aromatic carbocycles. The molecule has 9 nitrogen and oxygen atoms in total. The number of ether oxygens (including phenoxy) is 3. The molecule has 9 heteroatoms. The van der Waals surface area contributed by atoms with Crippen LogP contribution >= 0.6 is 0 Å². The van der Waals surface area contributed by atoms with Crippen LogP contribution < -0.4 is 20.5 Å². The van der Waals surface area contributed by atoms with Gasteiger partial charge in [0.2, 0.25) is 11.7 Å². The van der Waals surface area contributed by atoms with Gasteiger partial charge in [-0.15, -0.1) is 0 Å². The van der Waals surface area contributed by atoms with Gasteiger partial charge in [-0.1, -0.05) is 0 Å². The van der Waals surface area contributed by atoms with Crippen molar-refractivity contribution in [3.8, 4) is 17.4 Å². The molecule has 1 aromatic rings. The molecule has 0 spiro atoms. The molecule has 0 unspecified atom stereocenters. The van der Waals surface area contributed by atoms with Gasteiger partial charge in [0.1, 0.15) is 0 Å². The van der Waals surface area contributed by atoms with Gasteiger partial charge in [0.25, 0.3) is 5.88 Å². The molecule has 0 bridgehead atoms. The van der Waals surface area contributed by atoms with E-state index in [1.165, 1.54) is 12.3 Å². The number of nitrogens with one attached hydrogen (secondary N) is 1. The molecule has 0 atom stereocenters. The second-order valence-corrected chi connectivity index (χ2v) is 4.00. The van der Waals surface area contributed by atoms with E-state index in [4.69, 9.17) is 19.9 Å². The van der Waals surface area contributed by atoms with Gasteiger partial charge in [-0.05, 0) is 6.92 Å². The van der Waals surface area contributed by atoms with E-state index in [0.29, 0.717) is 26.2 Å². The Bertz CT molecular complexity index is 509. The van der Waals surface area contributed by atoms with Gasteiger partial charge in [0, 0.05) is 31.9 Å². The summed E-state index contributed by atoms with van der Waals surface area (Å²) >= 11 is 0. The smallest absolute Gasteiger partial charge is 0.420 e. The zero-order valence-electron chi connectivity index (χ0n) is 12.2. The van der Waals surface area contributed by atoms with Gasteiger partial charge < -0.3 is 25.1 Å². The van der Waals surface area contributed by atoms with E-state index in [9.17, 15) is 14.7 Å². The van der Waals surface area contributed by atoms with E-state index in [-0.39, 0.29) is 18.2 Å². The maximum Gasteiger partial charge on any atom is 0.420 e. The van der Waals surface area contributed by atoms with Gasteiger partial charge >= 0.3 is 6.09 Å². The lowest BCUT2D eigenvalue weighted by Crippen LogP contribution is -2.37. The summed E-state index contributed by atoms with van der Waals surface area (Å²) in [5.41, 5.74) is 5.04. The largest absolute Gasteiger partial charge is 0.501 e. The van der Waals surface area contributed by atoms with Crippen molar-refractivity contribution in [1.82, 2.24) is 10.3 Å². The van der Waals surface area contributed by atoms with Crippen LogP contribution in [0.2, 0.25) is 0 Å². The summed E-state index contributed by atoms with van der Waals surface area (Å²) in [6, 6.07) is 1.42. The van der Waals surface area contributed by atoms with Crippen molar-refractivity contribution in [2.24, 2.45) is 5.73 Å². The Hall–Kier alpha value is -2.39. The number of nitrogens with two attached hydrogens (primary N) is 1. The number of carbonyl (C=O) groups excluding carboxylic acids is 2. The fourth-order valence-electron chi connectivity index (χ4n) is 1.37. The highest BCUT2D eigenvalue weighted by molar-refractivity contribution is 5.93. The fraction of sp³-hybridized carbons (Fsp3) is 0.462. The van der Waals surface area contributed by atoms with E-state index >= 15 is 0 Å². The van der Waals surface area contributed by atoms with Crippen LogP contribution in [0.5, 0.6) is 17.4 Å². The molecule has 0 saturated heterocycles. The van der Waals surface area contributed by atoms with Crippen LogP contribution in [-0.4, -0.2) is 48.5 Å². The first-order valence-corrected chi connectivity index (χ1v) is 6.68. The van der Waals surface area contributed by atoms with Crippen LogP contribution in [0.25, 0.3) is 0 Å². The number of carbonyl (C=O) groups is 2. The van der Waals surface area contributed by atoms with Gasteiger partial charge in [0.05, 0.1) is 13.2 Å². The molecule has 0 aliphatic heterocycles. The van der Waals surface area contributed by atoms with Gasteiger partial charge in [-0.2, -0.15) is 0 Å². The molecule has 0 saturated carbocycles. The first-order valence-electron chi connectivity index (χ1n) is 6.68. The minimum absolute atomic E-state index is 0.111. The topological polar surface area (TPSA) is 133 Å². The van der Waals surface area contributed by atoms with Crippen molar-refractivity contribution < 1.29 is 28.9 Å². The Labute approximate surface area is 127 Å². The second-order valence-electron chi connectivity index (χ2n) is 4.00. The molecule has 0 aliphatic carbocycles. The third-order valence-corrected chi connectivity index (χ3v) is 2.36. The van der Waals surface area contributed by atoms with E-state index in [2.05, 4.69) is 4.98 Å². The summed E-state index contributed by atoms with van der Waals surface area (Å²) in [6.07, 6.45) is 0.842. The number of aromatic nitrogens is 1. The Morgan fingerprint density at radius 3 is 2.86 bits per heavy atom. The highest BCUT2D eigenvalue weighted by atomic mass is 16.6. The standard InChI is InChI=1S/C13H19N3O6/c1-2-20-6-3-7-21-9-4-5-15-12(11(9)18)22-13(19)16-10(17)8-14/h4-5,18H,2-3,6-8,14H2,1H3,(H,16,17,19). The molecular weight excluding hydrogens is 294 g/mol. The van der Waals surface area contributed by atoms with Crippen molar-refractivity contribution in [3.05, 3.63) is 12.3 Å². The van der Waals surface area contributed by atoms with Crippen LogP contribution in [0.15, 0.2) is 12.3 Å². The predicted molar refractivity (Wildman–Crippen MR) is 75.7 cm³/mol. The predicted octanol–water partition coefficient (Wildman–Crippen LogP) is 0.166. The van der Waals surface area contributed by atoms with Gasteiger partial charge in [-0.3, -0.25) is 10.1 Å². The number of amides is 2. The lowest BCUT2D eigenvalue weighted by Gasteiger charge is -2.10. The summed E-state index contributed by atoms with van der Waals surface area (Å²) in [7, 11) is 0. The van der Waals surface area contributed by atoms with E-state index in [1.807, 2.05) is 12.2 Å². The summed E-state index contributed by atoms with van der Waals surface area (Å²) < 4.78 is 15.2. The van der Waals surface area contributed by atoms with Crippen LogP contribution in [0.4, 0.5) is 4.79 Å². The number of imide groups is 1. The van der Waals surface area contributed by atoms with Gasteiger partial charge in [0.15, 0.2) is 5.75 Å². The van der Waals surface area contributed by atoms with Crippen molar-refractivity contribution >= 4 is 12.0 Å². The number of hydrogen-bond acceptors (Lipinski definition) is 8. The minimum atomic E-state index is -1.09. The van der Waals surface area contributed by atoms with Crippen LogP contribution in [-0.2, 0) is 9.53 Å². The summed E-state index contributed by atoms with van der Waals surface area (Å²) in [5.74, 6) is -1.41. The van der Waals surface area contributed by atoms with Crippen LogP contribution in [0, 0.1) is 0 Å². The maximum absolute atomic E-state index is 11.4. The Balaban J connectivity index is 2.56. The number of aromatic hydroxyl groups is 1. The quantitative estimate of drug-likeness (QED) is 0.578. The molecule has 0 aliphatic rings. The third kappa shape index (κ3) is 5.94. The molecular formula is C13H19N3O6. The Morgan fingerprint density at radius 2 is 2.18 bits per heavy atom. The van der Waals surface area contributed by atoms with E-state index in [1.54, 1.807) is 0 Å². The van der Waals surface area contributed by atoms with Crippen molar-refractivity contribution in [3.63, 3.8) is 0 Å². The maximum atomic E-state index is 11.4. The average Bonchev–Trinajstić information content (AvgIpc) is 2.50. The second kappa shape index (κ2) is 9.53. The zero-order valence-corrected chi connectivity index (χ0v) is 12.2. The Morgan fingerprint density at radius 1 is 1.41 bits per heavy atom. The molecule has 1 rings (SSSR count). The van der Waals surface area contributed by atoms with E-state index < -0.39 is 17.7 Å². The molecule has 2 amide bonds. The summed E-state index contributed by atoms with van der Waals surface area (Å²) in [6.45, 7) is 3.00. The molecule has 1 heterocycles. The highest BCUT2D eigenvalue weighted by Gasteiger charge is 2.16. The molecule has 0 fully saturated rings. The lowest BCUT2D eigenvalue weighted by molar-refractivity contribution is -0.118. The number of pyridine rings is 1. The van der Waals surface area contributed by atoms with Crippen LogP contribution in [0.1, 0.15) is 13.3 Å². The van der Waals surface area contributed by atoms with Crippen molar-refractivity contribution in [1.29, 1.82) is 0 Å². The van der Waals surface area contributed by atoms with Gasteiger partial charge in [-0.25, -0.2) is 9.78 Å². The third-order valence-electron chi connectivity index (χ3n) is 2.36. The first kappa shape index (κ1) is 17.7.